The molecule has 0 fully saturated rings. The molecule has 3 atom stereocenters. The number of aromatic amines is 2. The molecule has 14 heteroatoms. The van der Waals surface area contributed by atoms with Gasteiger partial charge < -0.3 is 39.9 Å². The Morgan fingerprint density at radius 1 is 0.828 bits per heavy atom. The van der Waals surface area contributed by atoms with Gasteiger partial charge in [-0.3, -0.25) is 9.59 Å². The van der Waals surface area contributed by atoms with Crippen molar-refractivity contribution in [1.29, 1.82) is 0 Å². The molecular weight excluding hydrogens is 737 g/mol. The summed E-state index contributed by atoms with van der Waals surface area (Å²) in [6, 6.07) is 22.3. The molecule has 14 nitrogen and oxygen atoms in total. The molecule has 6 rings (SSSR count). The highest BCUT2D eigenvalue weighted by atomic mass is 16.5. The molecule has 0 saturated heterocycles. The molecule has 5 aromatic rings. The van der Waals surface area contributed by atoms with Crippen LogP contribution in [0.25, 0.3) is 33.6 Å². The van der Waals surface area contributed by atoms with Gasteiger partial charge in [-0.2, -0.15) is 0 Å². The van der Waals surface area contributed by atoms with Crippen molar-refractivity contribution >= 4 is 24.0 Å². The van der Waals surface area contributed by atoms with E-state index in [9.17, 15) is 19.2 Å². The minimum absolute atomic E-state index is 0.126. The largest absolute Gasteiger partial charge is 0.453 e. The third kappa shape index (κ3) is 9.06. The minimum Gasteiger partial charge on any atom is -0.453 e. The van der Waals surface area contributed by atoms with Gasteiger partial charge in [-0.05, 0) is 46.1 Å². The summed E-state index contributed by atoms with van der Waals surface area (Å²) in [5.74, 6) is 0.594. The number of nitrogens with one attached hydrogen (secondary N) is 4. The maximum Gasteiger partial charge on any atom is 0.407 e. The summed E-state index contributed by atoms with van der Waals surface area (Å²) in [7, 11) is 2.56. The summed E-state index contributed by atoms with van der Waals surface area (Å²) in [5, 5.41) is 5.39. The zero-order valence-electron chi connectivity index (χ0n) is 34.0. The molecule has 3 aromatic carbocycles. The number of imidazole rings is 2. The molecule has 0 aliphatic carbocycles. The van der Waals surface area contributed by atoms with Crippen molar-refractivity contribution in [1.82, 2.24) is 40.4 Å². The molecule has 0 spiro atoms. The molecule has 1 aliphatic rings. The van der Waals surface area contributed by atoms with Gasteiger partial charge in [0, 0.05) is 24.8 Å². The second-order valence-corrected chi connectivity index (χ2v) is 15.1. The van der Waals surface area contributed by atoms with Gasteiger partial charge in [-0.25, -0.2) is 19.6 Å². The van der Waals surface area contributed by atoms with Crippen LogP contribution >= 0.6 is 0 Å². The summed E-state index contributed by atoms with van der Waals surface area (Å²) < 4.78 is 9.55. The van der Waals surface area contributed by atoms with Gasteiger partial charge in [0.15, 0.2) is 0 Å². The number of amides is 4. The Morgan fingerprint density at radius 2 is 1.41 bits per heavy atom. The van der Waals surface area contributed by atoms with Crippen LogP contribution in [-0.2, 0) is 32.2 Å². The molecule has 2 aromatic heterocycles. The fraction of sp³-hybridized carbons (Fsp3) is 0.364. The highest BCUT2D eigenvalue weighted by molar-refractivity contribution is 5.87. The Morgan fingerprint density at radius 3 is 2.02 bits per heavy atom. The lowest BCUT2D eigenvalue weighted by Crippen LogP contribution is -2.51. The number of carbonyl (C=O) groups is 4. The summed E-state index contributed by atoms with van der Waals surface area (Å²) in [6.07, 6.45) is 3.08. The Balaban J connectivity index is 1.15. The van der Waals surface area contributed by atoms with Gasteiger partial charge in [0.25, 0.3) is 0 Å². The minimum atomic E-state index is -0.766. The van der Waals surface area contributed by atoms with Gasteiger partial charge >= 0.3 is 12.2 Å². The molecule has 0 saturated carbocycles. The molecular formula is C44H52N8O6. The van der Waals surface area contributed by atoms with E-state index in [1.807, 2.05) is 101 Å². The number of rotatable bonds is 14. The van der Waals surface area contributed by atoms with Gasteiger partial charge in [0.1, 0.15) is 29.8 Å². The zero-order chi connectivity index (χ0) is 41.5. The van der Waals surface area contributed by atoms with E-state index in [1.54, 1.807) is 16.0 Å². The molecule has 0 bridgehead atoms. The number of methoxy groups -OCH3 is 2. The quantitative estimate of drug-likeness (QED) is 0.0925. The lowest BCUT2D eigenvalue weighted by molar-refractivity contribution is -0.136. The molecule has 0 radical (unpaired) electrons. The second kappa shape index (κ2) is 18.2. The van der Waals surface area contributed by atoms with Crippen LogP contribution in [0.15, 0.2) is 85.2 Å². The number of ether oxygens (including phenoxy) is 2. The van der Waals surface area contributed by atoms with Crippen LogP contribution in [0.4, 0.5) is 9.59 Å². The Kier molecular flexibility index (Phi) is 12.9. The maximum atomic E-state index is 14.0. The summed E-state index contributed by atoms with van der Waals surface area (Å²) in [6.45, 7) is 10.7. The smallest absolute Gasteiger partial charge is 0.407 e. The van der Waals surface area contributed by atoms with Gasteiger partial charge in [0.2, 0.25) is 11.8 Å². The normalized spacial score (nSPS) is 14.5. The van der Waals surface area contributed by atoms with Crippen LogP contribution in [0, 0.1) is 11.8 Å². The third-order valence-corrected chi connectivity index (χ3v) is 10.4. The predicted octanol–water partition coefficient (Wildman–Crippen LogP) is 7.07. The number of alkyl carbamates (subject to hydrolysis) is 2. The van der Waals surface area contributed by atoms with Crippen molar-refractivity contribution in [2.75, 3.05) is 20.8 Å². The molecule has 4 amide bonds. The first-order valence-electron chi connectivity index (χ1n) is 19.6. The monoisotopic (exact) mass is 788 g/mol. The average molecular weight is 789 g/mol. The van der Waals surface area contributed by atoms with E-state index in [-0.39, 0.29) is 30.2 Å². The third-order valence-electron chi connectivity index (χ3n) is 10.4. The SMILES string of the molecule is CCCN(Cc1nc(-c2ccc(-c3ccc(-c4cnc(C5c6ccccc6CN5C(=O)[C@@H](NC(=O)OC)C(C)C)[nH]4)cc3)cc2)c[nH]1)C(=O)[C@@H](NC(=O)OC)C(C)C. The van der Waals surface area contributed by atoms with Crippen molar-refractivity contribution in [2.45, 2.75) is 72.3 Å². The van der Waals surface area contributed by atoms with Crippen molar-refractivity contribution in [2.24, 2.45) is 11.8 Å². The van der Waals surface area contributed by atoms with Crippen LogP contribution in [-0.4, -0.2) is 86.6 Å². The number of hydrogen-bond acceptors (Lipinski definition) is 8. The van der Waals surface area contributed by atoms with Crippen molar-refractivity contribution in [3.05, 3.63) is 108 Å². The van der Waals surface area contributed by atoms with Crippen molar-refractivity contribution < 1.29 is 28.7 Å². The van der Waals surface area contributed by atoms with Crippen LogP contribution in [0.5, 0.6) is 0 Å². The number of benzene rings is 3. The summed E-state index contributed by atoms with van der Waals surface area (Å²) in [5.41, 5.74) is 7.52. The van der Waals surface area contributed by atoms with Crippen LogP contribution in [0.1, 0.15) is 69.9 Å². The molecule has 304 valence electrons. The highest BCUT2D eigenvalue weighted by Crippen LogP contribution is 2.39. The van der Waals surface area contributed by atoms with Gasteiger partial charge in [-0.15, -0.1) is 0 Å². The molecule has 3 heterocycles. The second-order valence-electron chi connectivity index (χ2n) is 15.1. The lowest BCUT2D eigenvalue weighted by Gasteiger charge is -2.30. The first kappa shape index (κ1) is 41.2. The first-order chi connectivity index (χ1) is 27.9. The van der Waals surface area contributed by atoms with Crippen molar-refractivity contribution in [3.8, 4) is 33.6 Å². The van der Waals surface area contributed by atoms with Crippen molar-refractivity contribution in [3.63, 3.8) is 0 Å². The first-order valence-corrected chi connectivity index (χ1v) is 19.6. The standard InChI is InChI=1S/C44H52N8O6/c1-8-21-51(41(53)37(26(2)3)49-43(55)57-6)25-36-45-22-34(47-36)30-17-13-28(14-18-30)29-15-19-31(20-16-29)35-23-46-40(48-35)39-33-12-10-9-11-32(33)24-52(39)42(54)38(27(4)5)50-44(56)58-7/h9-20,22-23,26-27,37-39H,8,21,24-25H2,1-7H3,(H,45,47)(H,46,48)(H,49,55)(H,50,56)/t37-,38-,39?/m0/s1. The summed E-state index contributed by atoms with van der Waals surface area (Å²) in [4.78, 5) is 71.2. The fourth-order valence-electron chi connectivity index (χ4n) is 7.27. The maximum absolute atomic E-state index is 14.0. The molecule has 58 heavy (non-hydrogen) atoms. The van der Waals surface area contributed by atoms with E-state index in [1.165, 1.54) is 14.2 Å². The topological polar surface area (TPSA) is 175 Å². The highest BCUT2D eigenvalue weighted by Gasteiger charge is 2.40. The van der Waals surface area contributed by atoms with E-state index in [0.717, 1.165) is 51.2 Å². The van der Waals surface area contributed by atoms with E-state index >= 15 is 0 Å². The van der Waals surface area contributed by atoms with Gasteiger partial charge in [-0.1, -0.05) is 107 Å². The molecule has 1 aliphatic heterocycles. The molecule has 1 unspecified atom stereocenters. The van der Waals surface area contributed by atoms with E-state index in [4.69, 9.17) is 19.4 Å². The number of aromatic nitrogens is 4. The predicted molar refractivity (Wildman–Crippen MR) is 220 cm³/mol. The van der Waals surface area contributed by atoms with E-state index in [0.29, 0.717) is 24.7 Å². The number of H-pyrrole nitrogens is 2. The van der Waals surface area contributed by atoms with E-state index < -0.39 is 30.3 Å². The van der Waals surface area contributed by atoms with Crippen LogP contribution in [0.2, 0.25) is 0 Å². The number of nitrogens with zero attached hydrogens (tertiary/aromatic N) is 4. The number of carbonyl (C=O) groups excluding carboxylic acids is 4. The van der Waals surface area contributed by atoms with Crippen LogP contribution in [0.3, 0.4) is 0 Å². The van der Waals surface area contributed by atoms with Gasteiger partial charge in [0.05, 0.1) is 38.3 Å². The fourth-order valence-corrected chi connectivity index (χ4v) is 7.27. The van der Waals surface area contributed by atoms with Crippen LogP contribution < -0.4 is 10.6 Å². The average Bonchev–Trinajstić information content (AvgIpc) is 4.00. The number of fused-ring (bicyclic) bond motifs is 1. The number of hydrogen-bond donors (Lipinski definition) is 4. The Hall–Kier alpha value is -6.44. The van der Waals surface area contributed by atoms with E-state index in [2.05, 4.69) is 32.7 Å². The lowest BCUT2D eigenvalue weighted by atomic mass is 10.0. The Labute approximate surface area is 338 Å². The zero-order valence-corrected chi connectivity index (χ0v) is 34.0. The Bertz CT molecular complexity index is 2210. The molecule has 4 N–H and O–H groups in total. The summed E-state index contributed by atoms with van der Waals surface area (Å²) >= 11 is 0.